The van der Waals surface area contributed by atoms with E-state index in [9.17, 15) is 4.79 Å². The quantitative estimate of drug-likeness (QED) is 0.451. The van der Waals surface area contributed by atoms with Crippen molar-refractivity contribution >= 4 is 6.29 Å². The monoisotopic (exact) mass is 165 g/mol. The van der Waals surface area contributed by atoms with E-state index in [0.717, 1.165) is 31.7 Å². The summed E-state index contributed by atoms with van der Waals surface area (Å²) in [5.74, 6) is 1.36. The molecule has 2 heteroatoms. The Labute approximate surface area is 73.2 Å². The molecule has 0 radical (unpaired) electrons. The number of hydrogen-bond donors (Lipinski definition) is 0. The lowest BCUT2D eigenvalue weighted by molar-refractivity contribution is -0.117. The van der Waals surface area contributed by atoms with Crippen molar-refractivity contribution in [3.63, 3.8) is 0 Å². The van der Waals surface area contributed by atoms with Crippen molar-refractivity contribution in [1.29, 1.82) is 0 Å². The van der Waals surface area contributed by atoms with Crippen molar-refractivity contribution in [2.24, 2.45) is 11.8 Å². The summed E-state index contributed by atoms with van der Waals surface area (Å²) < 4.78 is 0. The molecule has 3 saturated heterocycles. The summed E-state index contributed by atoms with van der Waals surface area (Å²) in [7, 11) is 0. The Morgan fingerprint density at radius 3 is 2.83 bits per heavy atom. The first-order chi connectivity index (χ1) is 5.85. The maximum absolute atomic E-state index is 10.7. The number of piperidine rings is 3. The van der Waals surface area contributed by atoms with Gasteiger partial charge >= 0.3 is 0 Å². The molecule has 3 aliphatic heterocycles. The molecule has 0 aromatic carbocycles. The summed E-state index contributed by atoms with van der Waals surface area (Å²) in [6, 6.07) is 0.208. The van der Waals surface area contributed by atoms with E-state index in [-0.39, 0.29) is 6.04 Å². The topological polar surface area (TPSA) is 20.3 Å². The van der Waals surface area contributed by atoms with Gasteiger partial charge in [0.05, 0.1) is 6.04 Å². The highest BCUT2D eigenvalue weighted by Gasteiger charge is 2.38. The smallest absolute Gasteiger partial charge is 0.137 e. The van der Waals surface area contributed by atoms with Crippen LogP contribution in [0.25, 0.3) is 0 Å². The predicted octanol–water partition coefficient (Wildman–Crippen LogP) is 1.08. The van der Waals surface area contributed by atoms with E-state index in [4.69, 9.17) is 0 Å². The van der Waals surface area contributed by atoms with Gasteiger partial charge in [-0.3, -0.25) is 4.90 Å². The normalized spacial score (nSPS) is 45.7. The largest absolute Gasteiger partial charge is 0.302 e. The Morgan fingerprint density at radius 2 is 2.33 bits per heavy atom. The molecule has 0 amide bonds. The van der Waals surface area contributed by atoms with Gasteiger partial charge in [0.15, 0.2) is 0 Å². The first-order valence-corrected chi connectivity index (χ1v) is 4.67. The van der Waals surface area contributed by atoms with Gasteiger partial charge in [-0.15, -0.1) is 6.58 Å². The Bertz CT molecular complexity index is 180. The molecule has 0 saturated carbocycles. The van der Waals surface area contributed by atoms with Crippen LogP contribution in [0, 0.1) is 11.8 Å². The molecule has 3 rings (SSSR count). The Balaban J connectivity index is 2.10. The number of carbonyl (C=O) groups excluding carboxylic acids is 1. The number of aldehydes is 1. The van der Waals surface area contributed by atoms with Crippen LogP contribution in [-0.4, -0.2) is 30.3 Å². The zero-order chi connectivity index (χ0) is 8.55. The van der Waals surface area contributed by atoms with Crippen molar-refractivity contribution in [3.8, 4) is 0 Å². The van der Waals surface area contributed by atoms with Gasteiger partial charge in [-0.1, -0.05) is 6.08 Å². The van der Waals surface area contributed by atoms with Gasteiger partial charge in [0.1, 0.15) is 6.29 Å². The Hall–Kier alpha value is -0.630. The average Bonchev–Trinajstić information content (AvgIpc) is 2.18. The zero-order valence-corrected chi connectivity index (χ0v) is 7.28. The standard InChI is InChI=1S/C10H15NO/c1-2-8-6-11-4-3-9(8)5-10(11)7-12/h2,7-10H,1,3-6H2/t8-,9+,10?/m1/s1. The molecule has 3 heterocycles. The molecule has 0 aliphatic carbocycles. The lowest BCUT2D eigenvalue weighted by Gasteiger charge is -2.47. The number of nitrogens with zero attached hydrogens (tertiary/aromatic N) is 1. The number of fused-ring (bicyclic) bond motifs is 3. The molecule has 3 aliphatic rings. The summed E-state index contributed by atoms with van der Waals surface area (Å²) in [5.41, 5.74) is 0. The van der Waals surface area contributed by atoms with Crippen molar-refractivity contribution in [2.75, 3.05) is 13.1 Å². The third-order valence-corrected chi connectivity index (χ3v) is 3.31. The van der Waals surface area contributed by atoms with Crippen LogP contribution in [0.5, 0.6) is 0 Å². The van der Waals surface area contributed by atoms with E-state index in [0.29, 0.717) is 5.92 Å². The minimum absolute atomic E-state index is 0.208. The molecule has 12 heavy (non-hydrogen) atoms. The summed E-state index contributed by atoms with van der Waals surface area (Å²) in [4.78, 5) is 13.0. The van der Waals surface area contributed by atoms with Crippen LogP contribution < -0.4 is 0 Å². The van der Waals surface area contributed by atoms with Crippen LogP contribution >= 0.6 is 0 Å². The molecule has 0 aromatic rings. The molecule has 66 valence electrons. The van der Waals surface area contributed by atoms with Crippen molar-refractivity contribution in [2.45, 2.75) is 18.9 Å². The third kappa shape index (κ3) is 1.11. The highest BCUT2D eigenvalue weighted by Crippen LogP contribution is 2.35. The van der Waals surface area contributed by atoms with Gasteiger partial charge in [-0.05, 0) is 31.2 Å². The lowest BCUT2D eigenvalue weighted by Crippen LogP contribution is -2.53. The van der Waals surface area contributed by atoms with Gasteiger partial charge in [0, 0.05) is 6.54 Å². The van der Waals surface area contributed by atoms with E-state index in [2.05, 4.69) is 17.6 Å². The van der Waals surface area contributed by atoms with Crippen LogP contribution in [0.3, 0.4) is 0 Å². The molecule has 4 atom stereocenters. The highest BCUT2D eigenvalue weighted by atomic mass is 16.1. The number of hydrogen-bond acceptors (Lipinski definition) is 2. The fourth-order valence-electron chi connectivity index (χ4n) is 2.52. The molecule has 0 N–H and O–H groups in total. The fraction of sp³-hybridized carbons (Fsp3) is 0.700. The molecule has 3 fully saturated rings. The summed E-state index contributed by atoms with van der Waals surface area (Å²) in [6.07, 6.45) is 5.46. The minimum Gasteiger partial charge on any atom is -0.302 e. The maximum atomic E-state index is 10.7. The average molecular weight is 165 g/mol. The summed E-state index contributed by atoms with van der Waals surface area (Å²) in [5, 5.41) is 0. The predicted molar refractivity (Wildman–Crippen MR) is 47.8 cm³/mol. The Kier molecular flexibility index (Phi) is 2.01. The van der Waals surface area contributed by atoms with E-state index in [1.54, 1.807) is 0 Å². The second kappa shape index (κ2) is 3.02. The molecule has 0 aromatic heterocycles. The van der Waals surface area contributed by atoms with Crippen LogP contribution in [0.15, 0.2) is 12.7 Å². The minimum atomic E-state index is 0.208. The molecular weight excluding hydrogens is 150 g/mol. The number of rotatable bonds is 2. The van der Waals surface area contributed by atoms with Gasteiger partial charge < -0.3 is 4.79 Å². The second-order valence-corrected chi connectivity index (χ2v) is 3.88. The Morgan fingerprint density at radius 1 is 1.50 bits per heavy atom. The maximum Gasteiger partial charge on any atom is 0.137 e. The third-order valence-electron chi connectivity index (χ3n) is 3.31. The SMILES string of the molecule is C=C[C@@H]1CN2CC[C@H]1CC2C=O. The summed E-state index contributed by atoms with van der Waals surface area (Å²) >= 11 is 0. The first kappa shape index (κ1) is 7.99. The molecule has 2 bridgehead atoms. The molecule has 2 nitrogen and oxygen atoms in total. The van der Waals surface area contributed by atoms with Crippen LogP contribution in [0.4, 0.5) is 0 Å². The van der Waals surface area contributed by atoms with Crippen LogP contribution in [-0.2, 0) is 4.79 Å². The van der Waals surface area contributed by atoms with Crippen LogP contribution in [0.2, 0.25) is 0 Å². The first-order valence-electron chi connectivity index (χ1n) is 4.67. The van der Waals surface area contributed by atoms with Crippen molar-refractivity contribution in [3.05, 3.63) is 12.7 Å². The fourth-order valence-corrected chi connectivity index (χ4v) is 2.52. The van der Waals surface area contributed by atoms with Gasteiger partial charge in [-0.25, -0.2) is 0 Å². The summed E-state index contributed by atoms with van der Waals surface area (Å²) in [6.45, 7) is 6.00. The van der Waals surface area contributed by atoms with Gasteiger partial charge in [0.2, 0.25) is 0 Å². The van der Waals surface area contributed by atoms with E-state index in [1.165, 1.54) is 6.42 Å². The number of carbonyl (C=O) groups is 1. The zero-order valence-electron chi connectivity index (χ0n) is 7.28. The highest BCUT2D eigenvalue weighted by molar-refractivity contribution is 5.58. The lowest BCUT2D eigenvalue weighted by atomic mass is 9.76. The van der Waals surface area contributed by atoms with Gasteiger partial charge in [-0.2, -0.15) is 0 Å². The van der Waals surface area contributed by atoms with Crippen molar-refractivity contribution in [1.82, 2.24) is 4.90 Å². The van der Waals surface area contributed by atoms with Crippen molar-refractivity contribution < 1.29 is 4.79 Å². The van der Waals surface area contributed by atoms with E-state index >= 15 is 0 Å². The molecule has 2 unspecified atom stereocenters. The molecule has 0 spiro atoms. The van der Waals surface area contributed by atoms with Crippen LogP contribution in [0.1, 0.15) is 12.8 Å². The van der Waals surface area contributed by atoms with E-state index < -0.39 is 0 Å². The second-order valence-electron chi connectivity index (χ2n) is 3.88. The molecular formula is C10H15NO. The van der Waals surface area contributed by atoms with E-state index in [1.807, 2.05) is 0 Å². The van der Waals surface area contributed by atoms with Gasteiger partial charge in [0.25, 0.3) is 0 Å².